The highest BCUT2D eigenvalue weighted by Crippen LogP contribution is 2.33. The number of imide groups is 1. The third-order valence-corrected chi connectivity index (χ3v) is 5.12. The van der Waals surface area contributed by atoms with Crippen LogP contribution in [0.3, 0.4) is 0 Å². The molecule has 2 aromatic rings. The summed E-state index contributed by atoms with van der Waals surface area (Å²) in [6.07, 6.45) is 1.17. The van der Waals surface area contributed by atoms with Gasteiger partial charge in [-0.1, -0.05) is 13.0 Å². The Morgan fingerprint density at radius 1 is 1.00 bits per heavy atom. The van der Waals surface area contributed by atoms with E-state index in [1.54, 1.807) is 24.3 Å². The van der Waals surface area contributed by atoms with E-state index in [0.29, 0.717) is 42.4 Å². The lowest BCUT2D eigenvalue weighted by Gasteiger charge is -2.22. The Morgan fingerprint density at radius 3 is 2.31 bits per heavy atom. The lowest BCUT2D eigenvalue weighted by Crippen LogP contribution is -2.29. The van der Waals surface area contributed by atoms with Crippen molar-refractivity contribution in [1.29, 1.82) is 0 Å². The average molecular weight is 394 g/mol. The van der Waals surface area contributed by atoms with Crippen molar-refractivity contribution in [3.05, 3.63) is 53.6 Å². The smallest absolute Gasteiger partial charge is 0.251 e. The van der Waals surface area contributed by atoms with Crippen molar-refractivity contribution < 1.29 is 23.9 Å². The molecule has 150 valence electrons. The Hall–Kier alpha value is -3.35. The maximum Gasteiger partial charge on any atom is 0.251 e. The molecule has 29 heavy (non-hydrogen) atoms. The Kier molecular flexibility index (Phi) is 5.20. The molecule has 3 amide bonds. The van der Waals surface area contributed by atoms with Crippen molar-refractivity contribution in [1.82, 2.24) is 5.32 Å². The van der Waals surface area contributed by atoms with Crippen molar-refractivity contribution in [2.24, 2.45) is 0 Å². The quantitative estimate of drug-likeness (QED) is 0.788. The molecule has 2 aliphatic rings. The lowest BCUT2D eigenvalue weighted by atomic mass is 10.0. The minimum absolute atomic E-state index is 0.181. The largest absolute Gasteiger partial charge is 0.486 e. The van der Waals surface area contributed by atoms with E-state index in [0.717, 1.165) is 5.56 Å². The van der Waals surface area contributed by atoms with Gasteiger partial charge in [-0.25, -0.2) is 0 Å². The van der Waals surface area contributed by atoms with Crippen molar-refractivity contribution in [2.45, 2.75) is 32.2 Å². The average Bonchev–Trinajstić information content (AvgIpc) is 3.09. The van der Waals surface area contributed by atoms with E-state index >= 15 is 0 Å². The highest BCUT2D eigenvalue weighted by atomic mass is 16.6. The fourth-order valence-electron chi connectivity index (χ4n) is 3.57. The lowest BCUT2D eigenvalue weighted by molar-refractivity contribution is -0.121. The number of hydrogen-bond donors (Lipinski definition) is 1. The molecule has 0 aromatic heterocycles. The number of ether oxygens (including phenoxy) is 2. The van der Waals surface area contributed by atoms with Gasteiger partial charge in [0.05, 0.1) is 11.7 Å². The molecule has 7 nitrogen and oxygen atoms in total. The molecule has 0 aliphatic carbocycles. The number of fused-ring (bicyclic) bond motifs is 1. The normalized spacial score (nSPS) is 16.7. The zero-order chi connectivity index (χ0) is 20.4. The number of amides is 3. The number of nitrogens with zero attached hydrogens (tertiary/aromatic N) is 1. The first-order valence-electron chi connectivity index (χ1n) is 9.73. The van der Waals surface area contributed by atoms with Crippen LogP contribution in [0.2, 0.25) is 0 Å². The predicted octanol–water partition coefficient (Wildman–Crippen LogP) is 2.99. The van der Waals surface area contributed by atoms with Crippen LogP contribution in [0.5, 0.6) is 11.5 Å². The van der Waals surface area contributed by atoms with Gasteiger partial charge in [-0.3, -0.25) is 19.3 Å². The molecular formula is C22H22N2O5. The summed E-state index contributed by atoms with van der Waals surface area (Å²) in [5.74, 6) is 0.750. The van der Waals surface area contributed by atoms with Crippen molar-refractivity contribution in [3.8, 4) is 11.5 Å². The van der Waals surface area contributed by atoms with E-state index in [1.165, 1.54) is 4.90 Å². The van der Waals surface area contributed by atoms with Crippen LogP contribution in [0.4, 0.5) is 5.69 Å². The summed E-state index contributed by atoms with van der Waals surface area (Å²) in [5.41, 5.74) is 1.90. The van der Waals surface area contributed by atoms with Gasteiger partial charge in [-0.2, -0.15) is 0 Å². The molecule has 0 spiro atoms. The van der Waals surface area contributed by atoms with Gasteiger partial charge in [-0.05, 0) is 48.4 Å². The second kappa shape index (κ2) is 7.95. The standard InChI is InChI=1S/C22H22N2O5/c1-2-17(15-5-8-18-19(13-15)29-12-11-28-18)23-22(27)14-3-6-16(7-4-14)24-20(25)9-10-21(24)26/h3-8,13,17H,2,9-12H2,1H3,(H,23,27). The SMILES string of the molecule is CCC(NC(=O)c1ccc(N2C(=O)CCC2=O)cc1)c1ccc2c(c1)OCCO2. The van der Waals surface area contributed by atoms with E-state index < -0.39 is 0 Å². The number of anilines is 1. The van der Waals surface area contributed by atoms with E-state index in [4.69, 9.17) is 9.47 Å². The summed E-state index contributed by atoms with van der Waals surface area (Å²) in [6, 6.07) is 12.0. The number of benzene rings is 2. The Labute approximate surface area is 168 Å². The molecule has 1 fully saturated rings. The summed E-state index contributed by atoms with van der Waals surface area (Å²) >= 11 is 0. The summed E-state index contributed by atoms with van der Waals surface area (Å²) in [7, 11) is 0. The zero-order valence-corrected chi connectivity index (χ0v) is 16.1. The molecule has 1 N–H and O–H groups in total. The van der Waals surface area contributed by atoms with Gasteiger partial charge >= 0.3 is 0 Å². The fourth-order valence-corrected chi connectivity index (χ4v) is 3.57. The topological polar surface area (TPSA) is 84.9 Å². The second-order valence-corrected chi connectivity index (χ2v) is 7.01. The van der Waals surface area contributed by atoms with Crippen LogP contribution in [-0.2, 0) is 9.59 Å². The van der Waals surface area contributed by atoms with Gasteiger partial charge in [0.2, 0.25) is 11.8 Å². The summed E-state index contributed by atoms with van der Waals surface area (Å²) in [6.45, 7) is 3.04. The molecule has 4 rings (SSSR count). The molecule has 0 bridgehead atoms. The minimum atomic E-state index is -0.225. The van der Waals surface area contributed by atoms with E-state index in [9.17, 15) is 14.4 Å². The Bertz CT molecular complexity index is 938. The van der Waals surface area contributed by atoms with Gasteiger partial charge in [0.1, 0.15) is 13.2 Å². The second-order valence-electron chi connectivity index (χ2n) is 7.01. The number of carbonyl (C=O) groups excluding carboxylic acids is 3. The number of nitrogens with one attached hydrogen (secondary N) is 1. The molecule has 1 atom stereocenters. The molecule has 7 heteroatoms. The molecule has 1 unspecified atom stereocenters. The van der Waals surface area contributed by atoms with Crippen LogP contribution in [0.15, 0.2) is 42.5 Å². The van der Waals surface area contributed by atoms with E-state index in [-0.39, 0.29) is 36.6 Å². The first kappa shape index (κ1) is 19.0. The zero-order valence-electron chi connectivity index (χ0n) is 16.1. The highest BCUT2D eigenvalue weighted by Gasteiger charge is 2.30. The molecule has 2 aromatic carbocycles. The van der Waals surface area contributed by atoms with Gasteiger partial charge in [0, 0.05) is 18.4 Å². The monoisotopic (exact) mass is 394 g/mol. The first-order chi connectivity index (χ1) is 14.1. The maximum absolute atomic E-state index is 12.7. The molecule has 1 saturated heterocycles. The molecule has 2 heterocycles. The van der Waals surface area contributed by atoms with Crippen molar-refractivity contribution in [2.75, 3.05) is 18.1 Å². The predicted molar refractivity (Wildman–Crippen MR) is 106 cm³/mol. The third kappa shape index (κ3) is 3.81. The van der Waals surface area contributed by atoms with Crippen LogP contribution in [0, 0.1) is 0 Å². The fraction of sp³-hybridized carbons (Fsp3) is 0.318. The van der Waals surface area contributed by atoms with Crippen molar-refractivity contribution >= 4 is 23.4 Å². The molecule has 0 saturated carbocycles. The summed E-state index contributed by atoms with van der Waals surface area (Å²) < 4.78 is 11.2. The van der Waals surface area contributed by atoms with Crippen molar-refractivity contribution in [3.63, 3.8) is 0 Å². The molecular weight excluding hydrogens is 372 g/mol. The highest BCUT2D eigenvalue weighted by molar-refractivity contribution is 6.19. The van der Waals surface area contributed by atoms with Gasteiger partial charge in [0.25, 0.3) is 5.91 Å². The minimum Gasteiger partial charge on any atom is -0.486 e. The van der Waals surface area contributed by atoms with Crippen LogP contribution in [0.1, 0.15) is 48.1 Å². The Morgan fingerprint density at radius 2 is 1.66 bits per heavy atom. The van der Waals surface area contributed by atoms with Crippen LogP contribution in [0.25, 0.3) is 0 Å². The van der Waals surface area contributed by atoms with Crippen LogP contribution in [-0.4, -0.2) is 30.9 Å². The number of carbonyl (C=O) groups is 3. The number of hydrogen-bond acceptors (Lipinski definition) is 5. The maximum atomic E-state index is 12.7. The van der Waals surface area contributed by atoms with Gasteiger partial charge < -0.3 is 14.8 Å². The molecule has 2 aliphatic heterocycles. The van der Waals surface area contributed by atoms with Crippen LogP contribution >= 0.6 is 0 Å². The van der Waals surface area contributed by atoms with Crippen LogP contribution < -0.4 is 19.7 Å². The van der Waals surface area contributed by atoms with E-state index in [1.807, 2.05) is 25.1 Å². The molecule has 0 radical (unpaired) electrons. The third-order valence-electron chi connectivity index (χ3n) is 5.12. The van der Waals surface area contributed by atoms with Gasteiger partial charge in [-0.15, -0.1) is 0 Å². The number of rotatable bonds is 5. The Balaban J connectivity index is 1.47. The summed E-state index contributed by atoms with van der Waals surface area (Å²) in [5, 5.41) is 3.03. The van der Waals surface area contributed by atoms with E-state index in [2.05, 4.69) is 5.32 Å². The van der Waals surface area contributed by atoms with Gasteiger partial charge in [0.15, 0.2) is 11.5 Å². The first-order valence-corrected chi connectivity index (χ1v) is 9.73. The summed E-state index contributed by atoms with van der Waals surface area (Å²) in [4.78, 5) is 37.6.